The van der Waals surface area contributed by atoms with Gasteiger partial charge in [-0.05, 0) is 32.0 Å². The highest BCUT2D eigenvalue weighted by Crippen LogP contribution is 2.35. The molecule has 2 saturated heterocycles. The number of likely N-dealkylation sites (N-methyl/N-ethyl adjacent to an activating group) is 1. The van der Waals surface area contributed by atoms with Gasteiger partial charge in [-0.25, -0.2) is 23.5 Å². The van der Waals surface area contributed by atoms with E-state index in [1.54, 1.807) is 24.5 Å². The zero-order valence-corrected chi connectivity index (χ0v) is 23.6. The van der Waals surface area contributed by atoms with Crippen LogP contribution in [0.3, 0.4) is 0 Å². The lowest BCUT2D eigenvalue weighted by molar-refractivity contribution is 0.109. The lowest BCUT2D eigenvalue weighted by atomic mass is 10.1. The number of para-hydroxylation sites is 1. The minimum absolute atomic E-state index is 0.00539. The number of urea groups is 1. The number of alkyl halides is 2. The molecule has 5 heterocycles. The molecule has 2 aliphatic rings. The zero-order valence-electron chi connectivity index (χ0n) is 23.6. The van der Waals surface area contributed by atoms with E-state index in [0.717, 1.165) is 26.2 Å². The normalized spacial score (nSPS) is 17.1. The van der Waals surface area contributed by atoms with E-state index in [4.69, 9.17) is 4.74 Å². The number of hydrogen-bond acceptors (Lipinski definition) is 9. The van der Waals surface area contributed by atoms with Crippen LogP contribution in [0.1, 0.15) is 31.1 Å². The number of aliphatic hydroxyl groups excluding tert-OH is 1. The number of rotatable bonds is 7. The van der Waals surface area contributed by atoms with Gasteiger partial charge in [-0.2, -0.15) is 9.97 Å². The molecule has 2 aliphatic heterocycles. The van der Waals surface area contributed by atoms with Crippen molar-refractivity contribution in [3.05, 3.63) is 30.4 Å². The average Bonchev–Trinajstić information content (AvgIpc) is 3.62. The molecule has 6 rings (SSSR count). The Hall–Kier alpha value is -4.11. The molecule has 2 N–H and O–H groups in total. The van der Waals surface area contributed by atoms with E-state index in [1.165, 1.54) is 11.7 Å². The van der Waals surface area contributed by atoms with Crippen LogP contribution < -0.4 is 10.1 Å². The van der Waals surface area contributed by atoms with E-state index >= 15 is 0 Å². The maximum Gasteiger partial charge on any atom is 0.320 e. The lowest BCUT2D eigenvalue weighted by Gasteiger charge is -2.39. The number of carbonyl (C=O) groups excluding carboxylic acids is 1. The van der Waals surface area contributed by atoms with E-state index < -0.39 is 12.2 Å². The van der Waals surface area contributed by atoms with Crippen molar-refractivity contribution in [2.45, 2.75) is 25.3 Å². The highest BCUT2D eigenvalue weighted by Gasteiger charge is 2.31. The minimum Gasteiger partial charge on any atom is -0.494 e. The summed E-state index contributed by atoms with van der Waals surface area (Å²) in [5.74, 6) is 0.183. The van der Waals surface area contributed by atoms with Crippen LogP contribution in [0.25, 0.3) is 28.0 Å². The maximum absolute atomic E-state index is 14.4. The van der Waals surface area contributed by atoms with Gasteiger partial charge in [0.2, 0.25) is 5.95 Å². The average molecular weight is 585 g/mol. The Balaban J connectivity index is 1.36. The first-order valence-electron chi connectivity index (χ1n) is 14.0. The number of fused-ring (bicyclic) bond motifs is 2. The summed E-state index contributed by atoms with van der Waals surface area (Å²) in [6, 6.07) is 5.10. The Morgan fingerprint density at radius 2 is 1.81 bits per heavy atom. The van der Waals surface area contributed by atoms with Gasteiger partial charge in [-0.1, -0.05) is 6.07 Å². The van der Waals surface area contributed by atoms with Crippen LogP contribution in [0, 0.1) is 0 Å². The molecule has 13 nitrogen and oxygen atoms in total. The van der Waals surface area contributed by atoms with Crippen LogP contribution in [0.15, 0.2) is 24.5 Å². The largest absolute Gasteiger partial charge is 0.494 e. The standard InChI is InChI=1S/C27H34F2N10O3/c1-35-11-13-37(14-12-35)27(41)36-9-6-17(7-10-36)38-16-31-21-23(38)33-26(30-8-15-40)34-24(21)39-18-4-3-5-19(42-2)20(18)32-25(39)22(28)29/h3-5,16-17,22,40H,6-15H2,1-2H3,(H,30,33,34). The number of anilines is 1. The van der Waals surface area contributed by atoms with Crippen molar-refractivity contribution in [3.8, 4) is 11.6 Å². The number of nitrogens with one attached hydrogen (secondary N) is 1. The summed E-state index contributed by atoms with van der Waals surface area (Å²) < 4.78 is 37.3. The summed E-state index contributed by atoms with van der Waals surface area (Å²) >= 11 is 0. The van der Waals surface area contributed by atoms with Gasteiger partial charge >= 0.3 is 6.03 Å². The molecule has 224 valence electrons. The predicted molar refractivity (Wildman–Crippen MR) is 151 cm³/mol. The molecule has 4 aromatic rings. The number of ether oxygens (including phenoxy) is 1. The van der Waals surface area contributed by atoms with Crippen molar-refractivity contribution in [3.63, 3.8) is 0 Å². The van der Waals surface area contributed by atoms with Crippen molar-refractivity contribution in [2.24, 2.45) is 0 Å². The van der Waals surface area contributed by atoms with Gasteiger partial charge in [0.05, 0.1) is 25.6 Å². The van der Waals surface area contributed by atoms with Crippen LogP contribution in [0.5, 0.6) is 5.75 Å². The van der Waals surface area contributed by atoms with Gasteiger partial charge in [0.25, 0.3) is 6.43 Å². The topological polar surface area (TPSA) is 130 Å². The first-order valence-corrected chi connectivity index (χ1v) is 14.0. The third-order valence-corrected chi connectivity index (χ3v) is 8.00. The Morgan fingerprint density at radius 3 is 2.50 bits per heavy atom. The molecule has 0 spiro atoms. The quantitative estimate of drug-likeness (QED) is 0.337. The summed E-state index contributed by atoms with van der Waals surface area (Å²) in [5, 5.41) is 12.4. The van der Waals surface area contributed by atoms with Crippen molar-refractivity contribution >= 4 is 34.2 Å². The molecule has 0 aliphatic carbocycles. The van der Waals surface area contributed by atoms with Crippen LogP contribution >= 0.6 is 0 Å². The fraction of sp³-hybridized carbons (Fsp3) is 0.519. The van der Waals surface area contributed by atoms with Crippen LogP contribution in [-0.4, -0.2) is 121 Å². The monoisotopic (exact) mass is 584 g/mol. The number of methoxy groups -OCH3 is 1. The number of amides is 2. The van der Waals surface area contributed by atoms with Gasteiger partial charge < -0.3 is 34.4 Å². The summed E-state index contributed by atoms with van der Waals surface area (Å²) in [4.78, 5) is 37.2. The van der Waals surface area contributed by atoms with Crippen molar-refractivity contribution in [2.75, 3.05) is 71.9 Å². The minimum atomic E-state index is -2.90. The Labute approximate surface area is 240 Å². The molecule has 15 heteroatoms. The van der Waals surface area contributed by atoms with Crippen molar-refractivity contribution < 1.29 is 23.4 Å². The molecular weight excluding hydrogens is 550 g/mol. The molecule has 0 unspecified atom stereocenters. The molecular formula is C27H34F2N10O3. The number of piperazine rings is 1. The van der Waals surface area contributed by atoms with Gasteiger partial charge in [-0.3, -0.25) is 4.57 Å². The number of carbonyl (C=O) groups is 1. The summed E-state index contributed by atoms with van der Waals surface area (Å²) in [6.45, 7) is 4.36. The molecule has 0 bridgehead atoms. The fourth-order valence-electron chi connectivity index (χ4n) is 5.73. The molecule has 1 aromatic carbocycles. The zero-order chi connectivity index (χ0) is 29.4. The molecule has 2 fully saturated rings. The molecule has 2 amide bonds. The molecule has 42 heavy (non-hydrogen) atoms. The highest BCUT2D eigenvalue weighted by molar-refractivity contribution is 5.88. The highest BCUT2D eigenvalue weighted by atomic mass is 19.3. The lowest BCUT2D eigenvalue weighted by Crippen LogP contribution is -2.53. The first kappa shape index (κ1) is 28.0. The number of aliphatic hydroxyl groups is 1. The summed E-state index contributed by atoms with van der Waals surface area (Å²) in [7, 11) is 3.52. The second-order valence-corrected chi connectivity index (χ2v) is 10.6. The number of nitrogens with zero attached hydrogens (tertiary/aromatic N) is 9. The SMILES string of the molecule is COc1cccc2c1nc(C(F)F)n2-c1nc(NCCO)nc2c1ncn2C1CCN(C(=O)N2CCN(C)CC2)CC1. The number of halogens is 2. The van der Waals surface area contributed by atoms with E-state index in [1.807, 2.05) is 14.4 Å². The van der Waals surface area contributed by atoms with E-state index in [9.17, 15) is 18.7 Å². The van der Waals surface area contributed by atoms with Gasteiger partial charge in [-0.15, -0.1) is 0 Å². The maximum atomic E-state index is 14.4. The number of imidazole rings is 2. The number of likely N-dealkylation sites (tertiary alicyclic amines) is 1. The van der Waals surface area contributed by atoms with Gasteiger partial charge in [0, 0.05) is 51.9 Å². The van der Waals surface area contributed by atoms with Crippen molar-refractivity contribution in [1.29, 1.82) is 0 Å². The Kier molecular flexibility index (Phi) is 7.77. The second-order valence-electron chi connectivity index (χ2n) is 10.6. The van der Waals surface area contributed by atoms with Crippen LogP contribution in [-0.2, 0) is 0 Å². The molecule has 3 aromatic heterocycles. The molecule has 0 radical (unpaired) electrons. The Bertz CT molecular complexity index is 1580. The van der Waals surface area contributed by atoms with E-state index in [0.29, 0.717) is 48.4 Å². The second kappa shape index (κ2) is 11.6. The fourth-order valence-corrected chi connectivity index (χ4v) is 5.73. The third-order valence-electron chi connectivity index (χ3n) is 8.00. The number of piperidine rings is 1. The van der Waals surface area contributed by atoms with Gasteiger partial charge in [0.15, 0.2) is 22.8 Å². The molecule has 0 atom stereocenters. The number of aromatic nitrogens is 6. The van der Waals surface area contributed by atoms with Crippen molar-refractivity contribution in [1.82, 2.24) is 43.8 Å². The number of benzene rings is 1. The van der Waals surface area contributed by atoms with Gasteiger partial charge in [0.1, 0.15) is 11.3 Å². The number of hydrogen-bond donors (Lipinski definition) is 2. The van der Waals surface area contributed by atoms with Crippen LogP contribution in [0.2, 0.25) is 0 Å². The molecule has 0 saturated carbocycles. The first-order chi connectivity index (χ1) is 20.4. The van der Waals surface area contributed by atoms with Crippen LogP contribution in [0.4, 0.5) is 19.5 Å². The summed E-state index contributed by atoms with van der Waals surface area (Å²) in [5.41, 5.74) is 1.48. The smallest absolute Gasteiger partial charge is 0.320 e. The summed E-state index contributed by atoms with van der Waals surface area (Å²) in [6.07, 6.45) is 0.141. The van der Waals surface area contributed by atoms with E-state index in [-0.39, 0.29) is 42.5 Å². The predicted octanol–water partition coefficient (Wildman–Crippen LogP) is 2.52. The Morgan fingerprint density at radius 1 is 1.07 bits per heavy atom. The van der Waals surface area contributed by atoms with E-state index in [2.05, 4.69) is 37.2 Å². The third kappa shape index (κ3) is 5.06.